The third kappa shape index (κ3) is 5.71. The van der Waals surface area contributed by atoms with E-state index < -0.39 is 0 Å². The average Bonchev–Trinajstić information content (AvgIpc) is 3.10. The quantitative estimate of drug-likeness (QED) is 0.806. The zero-order chi connectivity index (χ0) is 16.8. The maximum atomic E-state index is 12.0. The fourth-order valence-corrected chi connectivity index (χ4v) is 3.57. The van der Waals surface area contributed by atoms with Crippen LogP contribution in [0.2, 0.25) is 0 Å². The van der Waals surface area contributed by atoms with Gasteiger partial charge in [-0.2, -0.15) is 0 Å². The summed E-state index contributed by atoms with van der Waals surface area (Å²) in [4.78, 5) is 14.3. The number of nitrogens with one attached hydrogen (secondary N) is 2. The van der Waals surface area contributed by atoms with Crippen LogP contribution in [0.5, 0.6) is 5.75 Å². The van der Waals surface area contributed by atoms with Crippen LogP contribution < -0.4 is 15.4 Å². The summed E-state index contributed by atoms with van der Waals surface area (Å²) in [6, 6.07) is 12.3. The van der Waals surface area contributed by atoms with Crippen molar-refractivity contribution in [3.63, 3.8) is 0 Å². The SMILES string of the molecule is COc1ccc(-c2ccc(CNC(=O)CC3COCCN3)s2)cc1.Cl. The maximum absolute atomic E-state index is 12.0. The molecule has 0 bridgehead atoms. The first-order valence-electron chi connectivity index (χ1n) is 8.05. The normalized spacial score (nSPS) is 16.8. The molecule has 1 atom stereocenters. The van der Waals surface area contributed by atoms with E-state index in [2.05, 4.69) is 22.8 Å². The molecule has 136 valence electrons. The first-order valence-corrected chi connectivity index (χ1v) is 8.87. The Morgan fingerprint density at radius 2 is 2.12 bits per heavy atom. The van der Waals surface area contributed by atoms with Crippen LogP contribution in [0, 0.1) is 0 Å². The van der Waals surface area contributed by atoms with Crippen LogP contribution in [0.15, 0.2) is 36.4 Å². The molecule has 0 aliphatic carbocycles. The Labute approximate surface area is 158 Å². The number of methoxy groups -OCH3 is 1. The molecule has 0 saturated carbocycles. The third-order valence-electron chi connectivity index (χ3n) is 3.93. The summed E-state index contributed by atoms with van der Waals surface area (Å²) in [6.07, 6.45) is 0.455. The Morgan fingerprint density at radius 1 is 1.32 bits per heavy atom. The minimum Gasteiger partial charge on any atom is -0.497 e. The second-order valence-electron chi connectivity index (χ2n) is 5.70. The molecule has 1 saturated heterocycles. The lowest BCUT2D eigenvalue weighted by Gasteiger charge is -2.23. The van der Waals surface area contributed by atoms with Crippen LogP contribution in [0.3, 0.4) is 0 Å². The molecule has 2 aromatic rings. The van der Waals surface area contributed by atoms with Crippen molar-refractivity contribution in [1.82, 2.24) is 10.6 Å². The number of amides is 1. The highest BCUT2D eigenvalue weighted by Gasteiger charge is 2.16. The Hall–Kier alpha value is -1.60. The van der Waals surface area contributed by atoms with Gasteiger partial charge in [0, 0.05) is 28.8 Å². The topological polar surface area (TPSA) is 59.6 Å². The van der Waals surface area contributed by atoms with Gasteiger partial charge in [0.05, 0.1) is 26.9 Å². The molecule has 2 N–H and O–H groups in total. The number of benzene rings is 1. The standard InChI is InChI=1S/C18H22N2O3S.ClH/c1-22-15-4-2-13(3-5-15)17-7-6-16(24-17)11-20-18(21)10-14-12-23-9-8-19-14;/h2-7,14,19H,8-12H2,1H3,(H,20,21);1H. The van der Waals surface area contributed by atoms with Gasteiger partial charge >= 0.3 is 0 Å². The molecular formula is C18H23ClN2O3S. The van der Waals surface area contributed by atoms with Crippen LogP contribution in [-0.2, 0) is 16.1 Å². The van der Waals surface area contributed by atoms with E-state index in [9.17, 15) is 4.79 Å². The molecule has 1 aromatic heterocycles. The Morgan fingerprint density at radius 3 is 2.80 bits per heavy atom. The molecule has 1 aromatic carbocycles. The number of morpholine rings is 1. The molecule has 7 heteroatoms. The summed E-state index contributed by atoms with van der Waals surface area (Å²) >= 11 is 1.69. The molecule has 5 nitrogen and oxygen atoms in total. The number of carbonyl (C=O) groups excluding carboxylic acids is 1. The summed E-state index contributed by atoms with van der Waals surface area (Å²) in [6.45, 7) is 2.71. The molecule has 1 unspecified atom stereocenters. The Kier molecular flexibility index (Phi) is 7.71. The maximum Gasteiger partial charge on any atom is 0.221 e. The van der Waals surface area contributed by atoms with E-state index in [0.717, 1.165) is 29.3 Å². The third-order valence-corrected chi connectivity index (χ3v) is 5.06. The van der Waals surface area contributed by atoms with Crippen molar-refractivity contribution in [3.05, 3.63) is 41.3 Å². The van der Waals surface area contributed by atoms with Crippen LogP contribution in [0.4, 0.5) is 0 Å². The molecule has 1 fully saturated rings. The highest BCUT2D eigenvalue weighted by atomic mass is 35.5. The first-order chi connectivity index (χ1) is 11.7. The van der Waals surface area contributed by atoms with Crippen molar-refractivity contribution in [2.24, 2.45) is 0 Å². The van der Waals surface area contributed by atoms with E-state index in [4.69, 9.17) is 9.47 Å². The van der Waals surface area contributed by atoms with Crippen LogP contribution >= 0.6 is 23.7 Å². The van der Waals surface area contributed by atoms with Crippen LogP contribution in [-0.4, -0.2) is 38.8 Å². The van der Waals surface area contributed by atoms with E-state index in [0.29, 0.717) is 19.6 Å². The molecule has 3 rings (SSSR count). The number of hydrogen-bond acceptors (Lipinski definition) is 5. The van der Waals surface area contributed by atoms with E-state index in [1.807, 2.05) is 24.3 Å². The highest BCUT2D eigenvalue weighted by Crippen LogP contribution is 2.29. The van der Waals surface area contributed by atoms with E-state index in [1.54, 1.807) is 18.4 Å². The second kappa shape index (κ2) is 9.77. The molecule has 0 spiro atoms. The van der Waals surface area contributed by atoms with Gasteiger partial charge in [-0.1, -0.05) is 0 Å². The largest absolute Gasteiger partial charge is 0.497 e. The van der Waals surface area contributed by atoms with E-state index in [-0.39, 0.29) is 24.4 Å². The van der Waals surface area contributed by atoms with Gasteiger partial charge in [-0.3, -0.25) is 4.79 Å². The molecular weight excluding hydrogens is 360 g/mol. The number of thiophene rings is 1. The molecule has 2 heterocycles. The molecule has 25 heavy (non-hydrogen) atoms. The summed E-state index contributed by atoms with van der Waals surface area (Å²) < 4.78 is 10.5. The Balaban J connectivity index is 0.00000225. The average molecular weight is 383 g/mol. The fourth-order valence-electron chi connectivity index (χ4n) is 2.62. The first kappa shape index (κ1) is 19.7. The van der Waals surface area contributed by atoms with E-state index >= 15 is 0 Å². The van der Waals surface area contributed by atoms with Gasteiger partial charge in [0.15, 0.2) is 0 Å². The minimum absolute atomic E-state index is 0. The highest BCUT2D eigenvalue weighted by molar-refractivity contribution is 7.15. The summed E-state index contributed by atoms with van der Waals surface area (Å²) in [5.41, 5.74) is 1.15. The van der Waals surface area contributed by atoms with E-state index in [1.165, 1.54) is 4.88 Å². The van der Waals surface area contributed by atoms with Crippen molar-refractivity contribution in [2.45, 2.75) is 19.0 Å². The van der Waals surface area contributed by atoms with Gasteiger partial charge in [0.25, 0.3) is 0 Å². The molecule has 1 aliphatic heterocycles. The second-order valence-corrected chi connectivity index (χ2v) is 6.87. The lowest BCUT2D eigenvalue weighted by atomic mass is 10.2. The van der Waals surface area contributed by atoms with Gasteiger partial charge in [0.1, 0.15) is 5.75 Å². The smallest absolute Gasteiger partial charge is 0.221 e. The zero-order valence-electron chi connectivity index (χ0n) is 14.1. The molecule has 1 aliphatic rings. The van der Waals surface area contributed by atoms with Crippen molar-refractivity contribution < 1.29 is 14.3 Å². The van der Waals surface area contributed by atoms with Crippen molar-refractivity contribution >= 4 is 29.7 Å². The van der Waals surface area contributed by atoms with Gasteiger partial charge < -0.3 is 20.1 Å². The van der Waals surface area contributed by atoms with Gasteiger partial charge in [-0.25, -0.2) is 0 Å². The van der Waals surface area contributed by atoms with Crippen molar-refractivity contribution in [1.29, 1.82) is 0 Å². The minimum atomic E-state index is 0. The summed E-state index contributed by atoms with van der Waals surface area (Å²) in [7, 11) is 1.66. The predicted octanol–water partition coefficient (Wildman–Crippen LogP) is 2.84. The number of hydrogen-bond donors (Lipinski definition) is 2. The van der Waals surface area contributed by atoms with Crippen molar-refractivity contribution in [2.75, 3.05) is 26.9 Å². The summed E-state index contributed by atoms with van der Waals surface area (Å²) in [5.74, 6) is 0.903. The van der Waals surface area contributed by atoms with Crippen LogP contribution in [0.1, 0.15) is 11.3 Å². The van der Waals surface area contributed by atoms with Crippen molar-refractivity contribution in [3.8, 4) is 16.2 Å². The monoisotopic (exact) mass is 382 g/mol. The van der Waals surface area contributed by atoms with Gasteiger partial charge in [0.2, 0.25) is 5.91 Å². The number of halogens is 1. The van der Waals surface area contributed by atoms with Gasteiger partial charge in [-0.15, -0.1) is 23.7 Å². The lowest BCUT2D eigenvalue weighted by Crippen LogP contribution is -2.44. The fraction of sp³-hybridized carbons (Fsp3) is 0.389. The number of rotatable bonds is 6. The van der Waals surface area contributed by atoms with Gasteiger partial charge in [-0.05, 0) is 42.0 Å². The molecule has 0 radical (unpaired) electrons. The zero-order valence-corrected chi connectivity index (χ0v) is 15.8. The van der Waals surface area contributed by atoms with Crippen LogP contribution in [0.25, 0.3) is 10.4 Å². The molecule has 1 amide bonds. The number of ether oxygens (including phenoxy) is 2. The Bertz CT molecular complexity index is 669. The number of carbonyl (C=O) groups is 1. The summed E-state index contributed by atoms with van der Waals surface area (Å²) in [5, 5.41) is 6.27. The lowest BCUT2D eigenvalue weighted by molar-refractivity contribution is -0.122. The predicted molar refractivity (Wildman–Crippen MR) is 103 cm³/mol.